The second-order valence-electron chi connectivity index (χ2n) is 7.68. The van der Waals surface area contributed by atoms with E-state index in [0.29, 0.717) is 12.2 Å². The van der Waals surface area contributed by atoms with Crippen molar-refractivity contribution in [3.05, 3.63) is 101 Å². The predicted molar refractivity (Wildman–Crippen MR) is 122 cm³/mol. The average Bonchev–Trinajstić information content (AvgIpc) is 3.45. The van der Waals surface area contributed by atoms with E-state index in [1.807, 2.05) is 25.1 Å². The van der Waals surface area contributed by atoms with Gasteiger partial charge < -0.3 is 9.84 Å². The highest BCUT2D eigenvalue weighted by atomic mass is 32.2. The third-order valence-electron chi connectivity index (χ3n) is 4.97. The summed E-state index contributed by atoms with van der Waals surface area (Å²) in [5.74, 6) is 0. The van der Waals surface area contributed by atoms with Crippen molar-refractivity contribution in [3.8, 4) is 0 Å². The molecule has 2 nitrogen and oxygen atoms in total. The van der Waals surface area contributed by atoms with Gasteiger partial charge in [-0.15, -0.1) is 11.8 Å². The first-order chi connectivity index (χ1) is 13.9. The summed E-state index contributed by atoms with van der Waals surface area (Å²) >= 11 is 1.71. The number of hydrogen-bond acceptors (Lipinski definition) is 3. The molecule has 4 rings (SSSR count). The van der Waals surface area contributed by atoms with Gasteiger partial charge in [0.2, 0.25) is 0 Å². The zero-order valence-electron chi connectivity index (χ0n) is 17.6. The molecule has 0 spiro atoms. The van der Waals surface area contributed by atoms with Gasteiger partial charge in [0, 0.05) is 4.90 Å². The van der Waals surface area contributed by atoms with E-state index in [-0.39, 0.29) is 11.4 Å². The van der Waals surface area contributed by atoms with Crippen LogP contribution in [0, 0.1) is 13.8 Å². The maximum absolute atomic E-state index is 9.98. The minimum absolute atomic E-state index is 0.0769. The predicted octanol–water partition coefficient (Wildman–Crippen LogP) is 6.66. The van der Waals surface area contributed by atoms with E-state index >= 15 is 0 Å². The summed E-state index contributed by atoms with van der Waals surface area (Å²) in [6.07, 6.45) is 0.422. The lowest BCUT2D eigenvalue weighted by Gasteiger charge is -2.20. The average molecular weight is 407 g/mol. The third kappa shape index (κ3) is 6.46. The van der Waals surface area contributed by atoms with Crippen LogP contribution in [0.1, 0.15) is 47.5 Å². The number of thioether (sulfide) groups is 1. The maximum Gasteiger partial charge on any atom is 0.109 e. The highest BCUT2D eigenvalue weighted by molar-refractivity contribution is 7.99. The Morgan fingerprint density at radius 3 is 1.83 bits per heavy atom. The van der Waals surface area contributed by atoms with Crippen molar-refractivity contribution in [2.24, 2.45) is 0 Å². The molecular formula is C26H30O2S. The van der Waals surface area contributed by atoms with Crippen LogP contribution in [0.5, 0.6) is 0 Å². The molecule has 1 aliphatic rings. The maximum atomic E-state index is 9.98. The molecule has 0 amide bonds. The van der Waals surface area contributed by atoms with Gasteiger partial charge in [-0.1, -0.05) is 77.9 Å². The van der Waals surface area contributed by atoms with Gasteiger partial charge in [0.15, 0.2) is 0 Å². The summed E-state index contributed by atoms with van der Waals surface area (Å²) in [4.78, 5) is 1.18. The zero-order chi connectivity index (χ0) is 20.8. The lowest BCUT2D eigenvalue weighted by Crippen LogP contribution is -2.11. The fourth-order valence-corrected chi connectivity index (χ4v) is 4.24. The molecule has 29 heavy (non-hydrogen) atoms. The number of benzene rings is 3. The first kappa shape index (κ1) is 21.6. The van der Waals surface area contributed by atoms with Crippen molar-refractivity contribution >= 4 is 11.8 Å². The van der Waals surface area contributed by atoms with Gasteiger partial charge in [-0.2, -0.15) is 0 Å². The number of aliphatic hydroxyl groups excluding tert-OH is 1. The van der Waals surface area contributed by atoms with Crippen LogP contribution in [-0.4, -0.2) is 17.3 Å². The summed E-state index contributed by atoms with van der Waals surface area (Å²) < 4.78 is 5.34. The molecule has 1 fully saturated rings. The number of rotatable bonds is 5. The topological polar surface area (TPSA) is 32.8 Å². The normalized spacial score (nSPS) is 19.6. The van der Waals surface area contributed by atoms with Crippen LogP contribution in [0.3, 0.4) is 0 Å². The molecule has 3 aromatic rings. The molecular weight excluding hydrogens is 376 g/mol. The summed E-state index contributed by atoms with van der Waals surface area (Å²) in [5.41, 5.74) is 5.03. The van der Waals surface area contributed by atoms with Gasteiger partial charge in [-0.05, 0) is 51.0 Å². The van der Waals surface area contributed by atoms with Crippen molar-refractivity contribution in [2.45, 2.75) is 56.2 Å². The molecule has 1 aliphatic heterocycles. The quantitative estimate of drug-likeness (QED) is 0.380. The first-order valence-corrected chi connectivity index (χ1v) is 11.0. The molecule has 0 bridgehead atoms. The Morgan fingerprint density at radius 1 is 0.828 bits per heavy atom. The lowest BCUT2D eigenvalue weighted by atomic mass is 10.1. The number of aliphatic hydroxyl groups is 1. The molecule has 3 aromatic carbocycles. The van der Waals surface area contributed by atoms with Crippen molar-refractivity contribution in [3.63, 3.8) is 0 Å². The summed E-state index contributed by atoms with van der Waals surface area (Å²) in [6, 6.07) is 27.1. The van der Waals surface area contributed by atoms with Gasteiger partial charge in [0.05, 0.1) is 17.5 Å². The molecule has 0 aliphatic carbocycles. The van der Waals surface area contributed by atoms with E-state index in [1.165, 1.54) is 27.1 Å². The van der Waals surface area contributed by atoms with E-state index in [4.69, 9.17) is 4.74 Å². The third-order valence-corrected chi connectivity index (χ3v) is 6.43. The van der Waals surface area contributed by atoms with Crippen molar-refractivity contribution in [1.82, 2.24) is 0 Å². The van der Waals surface area contributed by atoms with E-state index in [0.717, 1.165) is 0 Å². The molecule has 1 saturated heterocycles. The Bertz CT molecular complexity index is 873. The minimum Gasteiger partial charge on any atom is -0.392 e. The van der Waals surface area contributed by atoms with Gasteiger partial charge in [-0.3, -0.25) is 0 Å². The minimum atomic E-state index is -0.377. The highest BCUT2D eigenvalue weighted by Crippen LogP contribution is 2.38. The number of aryl methyl sites for hydroxylation is 2. The number of hydrogen-bond donors (Lipinski definition) is 1. The molecule has 0 unspecified atom stereocenters. The fourth-order valence-electron chi connectivity index (χ4n) is 3.14. The Balaban J connectivity index is 0.000000186. The van der Waals surface area contributed by atoms with Crippen LogP contribution in [0.4, 0.5) is 0 Å². The smallest absolute Gasteiger partial charge is 0.109 e. The number of ether oxygens (including phenoxy) is 1. The van der Waals surface area contributed by atoms with E-state index in [1.54, 1.807) is 11.8 Å². The standard InChI is InChI=1S/C16H18OS.C10H12O/c1-12-8-10-14(11-9-12)16(13(2)17)18-15-6-4-3-5-7-15;1-7-3-5-9(6-4-7)10-8(2)11-10/h3-11,13,16-17H,1-2H3;3-6,8,10H,1-2H3/t13-,16-;8-,10+/m00/s1. The Labute approximate surface area is 178 Å². The number of epoxide rings is 1. The van der Waals surface area contributed by atoms with Crippen molar-refractivity contribution < 1.29 is 9.84 Å². The van der Waals surface area contributed by atoms with E-state index in [2.05, 4.69) is 81.4 Å². The van der Waals surface area contributed by atoms with Crippen LogP contribution in [0.2, 0.25) is 0 Å². The van der Waals surface area contributed by atoms with E-state index in [9.17, 15) is 5.11 Å². The summed E-state index contributed by atoms with van der Waals surface area (Å²) in [6.45, 7) is 8.12. The van der Waals surface area contributed by atoms with Gasteiger partial charge in [0.1, 0.15) is 6.10 Å². The van der Waals surface area contributed by atoms with Crippen molar-refractivity contribution in [1.29, 1.82) is 0 Å². The SMILES string of the molecule is Cc1ccc([C@@H](Sc2ccccc2)[C@H](C)O)cc1.Cc1ccc([C@@H]2O[C@H]2C)cc1. The van der Waals surface area contributed by atoms with Crippen LogP contribution < -0.4 is 0 Å². The van der Waals surface area contributed by atoms with Gasteiger partial charge >= 0.3 is 0 Å². The van der Waals surface area contributed by atoms with Gasteiger partial charge in [-0.25, -0.2) is 0 Å². The molecule has 1 N–H and O–H groups in total. The first-order valence-electron chi connectivity index (χ1n) is 10.1. The summed E-state index contributed by atoms with van der Waals surface area (Å²) in [7, 11) is 0. The summed E-state index contributed by atoms with van der Waals surface area (Å²) in [5, 5.41) is 10.1. The molecule has 0 saturated carbocycles. The fraction of sp³-hybridized carbons (Fsp3) is 0.308. The van der Waals surface area contributed by atoms with Crippen LogP contribution >= 0.6 is 11.8 Å². The molecule has 152 valence electrons. The highest BCUT2D eigenvalue weighted by Gasteiger charge is 2.35. The Hall–Kier alpha value is -2.07. The van der Waals surface area contributed by atoms with Gasteiger partial charge in [0.25, 0.3) is 0 Å². The van der Waals surface area contributed by atoms with Crippen LogP contribution in [0.15, 0.2) is 83.8 Å². The van der Waals surface area contributed by atoms with Crippen LogP contribution in [-0.2, 0) is 4.74 Å². The molecule has 3 heteroatoms. The second-order valence-corrected chi connectivity index (χ2v) is 8.89. The molecule has 0 radical (unpaired) electrons. The second kappa shape index (κ2) is 10.1. The lowest BCUT2D eigenvalue weighted by molar-refractivity contribution is 0.192. The van der Waals surface area contributed by atoms with Crippen LogP contribution in [0.25, 0.3) is 0 Å². The monoisotopic (exact) mass is 406 g/mol. The largest absolute Gasteiger partial charge is 0.392 e. The van der Waals surface area contributed by atoms with Crippen molar-refractivity contribution in [2.75, 3.05) is 0 Å². The molecule has 0 aromatic heterocycles. The molecule has 4 atom stereocenters. The van der Waals surface area contributed by atoms with E-state index < -0.39 is 0 Å². The Morgan fingerprint density at radius 2 is 1.34 bits per heavy atom. The zero-order valence-corrected chi connectivity index (χ0v) is 18.4. The molecule has 1 heterocycles. The Kier molecular flexibility index (Phi) is 7.54.